The van der Waals surface area contributed by atoms with E-state index in [1.807, 2.05) is 0 Å². The molecule has 1 aliphatic heterocycles. The second-order valence-electron chi connectivity index (χ2n) is 5.82. The maximum atomic E-state index is 12.8. The normalized spacial score (nSPS) is 19.9. The highest BCUT2D eigenvalue weighted by atomic mass is 35.5. The first-order chi connectivity index (χ1) is 12.3. The molecule has 1 aliphatic rings. The van der Waals surface area contributed by atoms with Crippen LogP contribution in [0.1, 0.15) is 18.1 Å². The molecular formula is C18H15Cl2N3O3. The molecule has 0 radical (unpaired) electrons. The lowest BCUT2D eigenvalue weighted by Crippen LogP contribution is -2.40. The SMILES string of the molecule is COc1ccc(C2(C)NC(=O)N(/N=C/c3ccc(Cl)c(Cl)c3)C2=O)cc1. The molecule has 1 N–H and O–H groups in total. The van der Waals surface area contributed by atoms with E-state index < -0.39 is 17.5 Å². The Balaban J connectivity index is 1.85. The Morgan fingerprint density at radius 2 is 1.81 bits per heavy atom. The number of hydrazone groups is 1. The van der Waals surface area contributed by atoms with Gasteiger partial charge in [-0.3, -0.25) is 4.79 Å². The van der Waals surface area contributed by atoms with Crippen molar-refractivity contribution in [2.75, 3.05) is 7.11 Å². The van der Waals surface area contributed by atoms with Crippen molar-refractivity contribution in [3.63, 3.8) is 0 Å². The molecule has 0 spiro atoms. The van der Waals surface area contributed by atoms with Crippen molar-refractivity contribution >= 4 is 41.4 Å². The fraction of sp³-hybridized carbons (Fsp3) is 0.167. The number of carbonyl (C=O) groups is 2. The van der Waals surface area contributed by atoms with Crippen LogP contribution in [0, 0.1) is 0 Å². The van der Waals surface area contributed by atoms with Gasteiger partial charge in [0, 0.05) is 0 Å². The number of urea groups is 1. The lowest BCUT2D eigenvalue weighted by molar-refractivity contribution is -0.131. The van der Waals surface area contributed by atoms with E-state index >= 15 is 0 Å². The maximum absolute atomic E-state index is 12.8. The molecule has 2 aromatic carbocycles. The molecule has 2 aromatic rings. The monoisotopic (exact) mass is 391 g/mol. The fourth-order valence-corrected chi connectivity index (χ4v) is 2.87. The zero-order valence-electron chi connectivity index (χ0n) is 14.0. The molecule has 1 fully saturated rings. The molecule has 1 saturated heterocycles. The lowest BCUT2D eigenvalue weighted by Gasteiger charge is -2.21. The van der Waals surface area contributed by atoms with Crippen LogP contribution in [0.5, 0.6) is 5.75 Å². The number of rotatable bonds is 4. The summed E-state index contributed by atoms with van der Waals surface area (Å²) < 4.78 is 5.11. The van der Waals surface area contributed by atoms with Crippen LogP contribution in [0.3, 0.4) is 0 Å². The summed E-state index contributed by atoms with van der Waals surface area (Å²) in [6.07, 6.45) is 1.37. The Morgan fingerprint density at radius 3 is 2.42 bits per heavy atom. The molecule has 0 aliphatic carbocycles. The summed E-state index contributed by atoms with van der Waals surface area (Å²) in [6, 6.07) is 11.2. The van der Waals surface area contributed by atoms with Gasteiger partial charge in [-0.15, -0.1) is 5.01 Å². The first-order valence-electron chi connectivity index (χ1n) is 7.65. The van der Waals surface area contributed by atoms with Crippen LogP contribution in [0.15, 0.2) is 47.6 Å². The van der Waals surface area contributed by atoms with E-state index in [1.165, 1.54) is 6.21 Å². The topological polar surface area (TPSA) is 71.0 Å². The number of benzene rings is 2. The zero-order chi connectivity index (χ0) is 18.9. The van der Waals surface area contributed by atoms with Gasteiger partial charge in [0.05, 0.1) is 23.4 Å². The highest BCUT2D eigenvalue weighted by Gasteiger charge is 2.49. The molecule has 1 heterocycles. The number of methoxy groups -OCH3 is 1. The van der Waals surface area contributed by atoms with Crippen molar-refractivity contribution in [3.8, 4) is 5.75 Å². The molecule has 3 amide bonds. The summed E-state index contributed by atoms with van der Waals surface area (Å²) in [7, 11) is 1.55. The van der Waals surface area contributed by atoms with E-state index in [0.717, 1.165) is 5.01 Å². The Kier molecular flexibility index (Phi) is 4.89. The summed E-state index contributed by atoms with van der Waals surface area (Å²) >= 11 is 11.8. The summed E-state index contributed by atoms with van der Waals surface area (Å²) in [5.41, 5.74) is 0.0279. The number of ether oxygens (including phenoxy) is 1. The molecule has 134 valence electrons. The molecule has 6 nitrogen and oxygen atoms in total. The van der Waals surface area contributed by atoms with Crippen LogP contribution in [0.25, 0.3) is 0 Å². The highest BCUT2D eigenvalue weighted by Crippen LogP contribution is 2.30. The van der Waals surface area contributed by atoms with Crippen molar-refractivity contribution in [2.24, 2.45) is 5.10 Å². The summed E-state index contributed by atoms with van der Waals surface area (Å²) in [4.78, 5) is 25.0. The highest BCUT2D eigenvalue weighted by molar-refractivity contribution is 6.42. The standard InChI is InChI=1S/C18H15Cl2N3O3/c1-18(12-4-6-13(26-2)7-5-12)16(24)23(17(25)22-18)21-10-11-3-8-14(19)15(20)9-11/h3-10H,1-2H3,(H,22,25)/b21-10+. The average Bonchev–Trinajstić information content (AvgIpc) is 2.86. The molecule has 0 saturated carbocycles. The van der Waals surface area contributed by atoms with Gasteiger partial charge in [-0.25, -0.2) is 4.79 Å². The number of carbonyl (C=O) groups excluding carboxylic acids is 2. The third kappa shape index (κ3) is 3.25. The van der Waals surface area contributed by atoms with E-state index in [2.05, 4.69) is 10.4 Å². The van der Waals surface area contributed by atoms with E-state index in [1.54, 1.807) is 56.5 Å². The Labute approximate surface area is 160 Å². The van der Waals surface area contributed by atoms with Gasteiger partial charge in [0.25, 0.3) is 5.91 Å². The number of hydrogen-bond donors (Lipinski definition) is 1. The molecule has 3 rings (SSSR count). The van der Waals surface area contributed by atoms with Gasteiger partial charge < -0.3 is 10.1 Å². The quantitative estimate of drug-likeness (QED) is 0.636. The second-order valence-corrected chi connectivity index (χ2v) is 6.63. The number of amides is 3. The van der Waals surface area contributed by atoms with Crippen molar-refractivity contribution in [3.05, 3.63) is 63.6 Å². The zero-order valence-corrected chi connectivity index (χ0v) is 15.5. The minimum atomic E-state index is -1.21. The molecule has 0 aromatic heterocycles. The van der Waals surface area contributed by atoms with Crippen molar-refractivity contribution in [2.45, 2.75) is 12.5 Å². The number of nitrogens with zero attached hydrogens (tertiary/aromatic N) is 2. The minimum absolute atomic E-state index is 0.357. The molecule has 8 heteroatoms. The minimum Gasteiger partial charge on any atom is -0.497 e. The average molecular weight is 392 g/mol. The van der Waals surface area contributed by atoms with Gasteiger partial charge in [-0.2, -0.15) is 5.10 Å². The smallest absolute Gasteiger partial charge is 0.346 e. The Morgan fingerprint density at radius 1 is 1.12 bits per heavy atom. The number of nitrogens with one attached hydrogen (secondary N) is 1. The summed E-state index contributed by atoms with van der Waals surface area (Å²) in [6.45, 7) is 1.63. The van der Waals surface area contributed by atoms with Crippen LogP contribution in [-0.2, 0) is 10.3 Å². The van der Waals surface area contributed by atoms with Crippen molar-refractivity contribution in [1.82, 2.24) is 10.3 Å². The van der Waals surface area contributed by atoms with Crippen LogP contribution in [0.2, 0.25) is 10.0 Å². The van der Waals surface area contributed by atoms with Gasteiger partial charge in [-0.1, -0.05) is 41.4 Å². The van der Waals surface area contributed by atoms with E-state index in [9.17, 15) is 9.59 Å². The van der Waals surface area contributed by atoms with Gasteiger partial charge in [0.15, 0.2) is 0 Å². The summed E-state index contributed by atoms with van der Waals surface area (Å²) in [5.74, 6) is 0.174. The molecule has 1 atom stereocenters. The van der Waals surface area contributed by atoms with Gasteiger partial charge in [0.2, 0.25) is 0 Å². The lowest BCUT2D eigenvalue weighted by atomic mass is 9.92. The third-order valence-corrected chi connectivity index (χ3v) is 4.84. The second kappa shape index (κ2) is 6.97. The predicted molar refractivity (Wildman–Crippen MR) is 99.8 cm³/mol. The van der Waals surface area contributed by atoms with Gasteiger partial charge in [-0.05, 0) is 42.3 Å². The van der Waals surface area contributed by atoms with Crippen LogP contribution >= 0.6 is 23.2 Å². The third-order valence-electron chi connectivity index (χ3n) is 4.10. The molecule has 1 unspecified atom stereocenters. The number of hydrogen-bond acceptors (Lipinski definition) is 4. The first-order valence-corrected chi connectivity index (χ1v) is 8.41. The number of imide groups is 1. The van der Waals surface area contributed by atoms with Crippen LogP contribution in [-0.4, -0.2) is 30.3 Å². The van der Waals surface area contributed by atoms with Gasteiger partial charge in [0.1, 0.15) is 11.3 Å². The van der Waals surface area contributed by atoms with Gasteiger partial charge >= 0.3 is 6.03 Å². The fourth-order valence-electron chi connectivity index (χ4n) is 2.57. The van der Waals surface area contributed by atoms with Crippen LogP contribution < -0.4 is 10.1 Å². The predicted octanol–water partition coefficient (Wildman–Crippen LogP) is 3.80. The first kappa shape index (κ1) is 18.2. The van der Waals surface area contributed by atoms with Crippen molar-refractivity contribution in [1.29, 1.82) is 0 Å². The largest absolute Gasteiger partial charge is 0.497 e. The van der Waals surface area contributed by atoms with E-state index in [0.29, 0.717) is 26.9 Å². The van der Waals surface area contributed by atoms with Crippen molar-refractivity contribution < 1.29 is 14.3 Å². The molecular weight excluding hydrogens is 377 g/mol. The number of halogens is 2. The molecule has 0 bridgehead atoms. The molecule has 26 heavy (non-hydrogen) atoms. The van der Waals surface area contributed by atoms with E-state index in [-0.39, 0.29) is 0 Å². The Bertz CT molecular complexity index is 899. The van der Waals surface area contributed by atoms with E-state index in [4.69, 9.17) is 27.9 Å². The van der Waals surface area contributed by atoms with Crippen LogP contribution in [0.4, 0.5) is 4.79 Å². The summed E-state index contributed by atoms with van der Waals surface area (Å²) in [5, 5.41) is 8.24. The maximum Gasteiger partial charge on any atom is 0.346 e. The Hall–Kier alpha value is -2.57.